The summed E-state index contributed by atoms with van der Waals surface area (Å²) < 4.78 is 41.6. The normalized spacial score (nSPS) is 11.7. The average Bonchev–Trinajstić information content (AvgIpc) is 2.64. The minimum absolute atomic E-state index is 0.0703. The van der Waals surface area contributed by atoms with Gasteiger partial charge in [0.25, 0.3) is 11.8 Å². The zero-order valence-corrected chi connectivity index (χ0v) is 7.69. The van der Waals surface area contributed by atoms with Gasteiger partial charge in [-0.25, -0.2) is 4.98 Å². The Morgan fingerprint density at radius 1 is 1.19 bits per heavy atom. The Morgan fingerprint density at radius 2 is 1.94 bits per heavy atom. The first-order valence-electron chi connectivity index (χ1n) is 4.10. The minimum atomic E-state index is -4.51. The number of hydrogen-bond donors (Lipinski definition) is 1. The molecule has 8 heteroatoms. The van der Waals surface area contributed by atoms with Gasteiger partial charge in [0.2, 0.25) is 0 Å². The van der Waals surface area contributed by atoms with Gasteiger partial charge in [0, 0.05) is 0 Å². The van der Waals surface area contributed by atoms with Crippen molar-refractivity contribution in [3.05, 3.63) is 23.9 Å². The topological polar surface area (TPSA) is 77.8 Å². The number of nitrogens with zero attached hydrogens (tertiary/aromatic N) is 3. The molecule has 16 heavy (non-hydrogen) atoms. The summed E-state index contributed by atoms with van der Waals surface area (Å²) in [6.45, 7) is 0. The lowest BCUT2D eigenvalue weighted by molar-refractivity contribution is -0.141. The Bertz CT molecular complexity index is 508. The van der Waals surface area contributed by atoms with Crippen LogP contribution < -0.4 is 5.73 Å². The number of pyridine rings is 1. The Balaban J connectivity index is 2.44. The van der Waals surface area contributed by atoms with E-state index in [1.54, 1.807) is 0 Å². The Hall–Kier alpha value is -2.12. The average molecular weight is 230 g/mol. The molecule has 2 aromatic heterocycles. The van der Waals surface area contributed by atoms with Gasteiger partial charge in [-0.1, -0.05) is 6.07 Å². The molecule has 2 aromatic rings. The van der Waals surface area contributed by atoms with Crippen molar-refractivity contribution in [1.82, 2.24) is 15.1 Å². The van der Waals surface area contributed by atoms with Crippen LogP contribution in [-0.2, 0) is 6.18 Å². The van der Waals surface area contributed by atoms with E-state index in [1.165, 1.54) is 12.1 Å². The molecule has 5 nitrogen and oxygen atoms in total. The van der Waals surface area contributed by atoms with Gasteiger partial charge < -0.3 is 10.3 Å². The molecular formula is C8H5F3N4O. The van der Waals surface area contributed by atoms with Crippen LogP contribution in [0, 0.1) is 0 Å². The number of alkyl halides is 3. The summed E-state index contributed by atoms with van der Waals surface area (Å²) in [5.74, 6) is -0.308. The maximum absolute atomic E-state index is 12.3. The van der Waals surface area contributed by atoms with Crippen LogP contribution in [0.3, 0.4) is 0 Å². The highest BCUT2D eigenvalue weighted by Gasteiger charge is 2.32. The van der Waals surface area contributed by atoms with Gasteiger partial charge in [0.05, 0.1) is 0 Å². The molecule has 2 heterocycles. The maximum atomic E-state index is 12.3. The Kier molecular flexibility index (Phi) is 2.26. The Morgan fingerprint density at radius 3 is 2.50 bits per heavy atom. The van der Waals surface area contributed by atoms with Crippen molar-refractivity contribution in [3.63, 3.8) is 0 Å². The third-order valence-electron chi connectivity index (χ3n) is 1.70. The fraction of sp³-hybridized carbons (Fsp3) is 0.125. The van der Waals surface area contributed by atoms with E-state index in [1.807, 2.05) is 0 Å². The molecule has 2 N–H and O–H groups in total. The van der Waals surface area contributed by atoms with Crippen molar-refractivity contribution in [2.24, 2.45) is 0 Å². The van der Waals surface area contributed by atoms with Gasteiger partial charge in [0.1, 0.15) is 11.4 Å². The van der Waals surface area contributed by atoms with E-state index in [0.29, 0.717) is 0 Å². The van der Waals surface area contributed by atoms with E-state index in [-0.39, 0.29) is 17.5 Å². The second-order valence-electron chi connectivity index (χ2n) is 2.86. The van der Waals surface area contributed by atoms with Crippen LogP contribution in [0.2, 0.25) is 0 Å². The molecule has 0 spiro atoms. The van der Waals surface area contributed by atoms with Crippen molar-refractivity contribution in [2.45, 2.75) is 6.18 Å². The van der Waals surface area contributed by atoms with Crippen molar-refractivity contribution in [2.75, 3.05) is 5.73 Å². The van der Waals surface area contributed by atoms with Crippen molar-refractivity contribution < 1.29 is 17.7 Å². The zero-order valence-electron chi connectivity index (χ0n) is 7.69. The number of hydrogen-bond acceptors (Lipinski definition) is 5. The molecule has 0 aliphatic carbocycles. The van der Waals surface area contributed by atoms with Crippen LogP contribution in [0.4, 0.5) is 19.1 Å². The van der Waals surface area contributed by atoms with Gasteiger partial charge in [-0.2, -0.15) is 18.2 Å². The quantitative estimate of drug-likeness (QED) is 0.807. The van der Waals surface area contributed by atoms with Crippen molar-refractivity contribution >= 4 is 5.95 Å². The highest BCUT2D eigenvalue weighted by atomic mass is 19.4. The maximum Gasteiger partial charge on any atom is 0.433 e. The highest BCUT2D eigenvalue weighted by Crippen LogP contribution is 2.28. The van der Waals surface area contributed by atoms with Crippen LogP contribution in [0.25, 0.3) is 11.6 Å². The predicted octanol–water partition coefficient (Wildman–Crippen LogP) is 1.73. The zero-order chi connectivity index (χ0) is 11.8. The van der Waals surface area contributed by atoms with Crippen LogP contribution in [-0.4, -0.2) is 15.1 Å². The summed E-state index contributed by atoms with van der Waals surface area (Å²) in [6.07, 6.45) is -4.51. The third-order valence-corrected chi connectivity index (χ3v) is 1.70. The summed E-state index contributed by atoms with van der Waals surface area (Å²) in [5, 5.41) is 3.26. The molecule has 0 bridgehead atoms. The lowest BCUT2D eigenvalue weighted by atomic mass is 10.3. The molecule has 0 radical (unpaired) electrons. The molecule has 0 saturated heterocycles. The molecule has 0 fully saturated rings. The molecule has 84 valence electrons. The van der Waals surface area contributed by atoms with Crippen LogP contribution in [0.15, 0.2) is 22.7 Å². The SMILES string of the molecule is Nc1noc(-c2cccc(C(F)(F)F)n2)n1. The summed E-state index contributed by atoms with van der Waals surface area (Å²) in [6, 6.07) is 3.37. The molecular weight excluding hydrogens is 225 g/mol. The first kappa shape index (κ1) is 10.4. The van der Waals surface area contributed by atoms with E-state index >= 15 is 0 Å². The molecule has 0 aliphatic heterocycles. The fourth-order valence-corrected chi connectivity index (χ4v) is 1.05. The summed E-state index contributed by atoms with van der Waals surface area (Å²) in [5.41, 5.74) is 4.08. The molecule has 0 unspecified atom stereocenters. The van der Waals surface area contributed by atoms with Gasteiger partial charge in [-0.3, -0.25) is 0 Å². The first-order chi connectivity index (χ1) is 7.47. The van der Waals surface area contributed by atoms with Gasteiger partial charge in [0.15, 0.2) is 0 Å². The first-order valence-corrected chi connectivity index (χ1v) is 4.10. The van der Waals surface area contributed by atoms with E-state index in [4.69, 9.17) is 5.73 Å². The molecule has 0 amide bonds. The smallest absolute Gasteiger partial charge is 0.365 e. The fourth-order valence-electron chi connectivity index (χ4n) is 1.05. The Labute approximate surface area is 87.1 Å². The second kappa shape index (κ2) is 3.47. The molecule has 0 aromatic carbocycles. The van der Waals surface area contributed by atoms with Crippen LogP contribution in [0.1, 0.15) is 5.69 Å². The number of rotatable bonds is 1. The minimum Gasteiger partial charge on any atom is -0.365 e. The summed E-state index contributed by atoms with van der Waals surface area (Å²) in [7, 11) is 0. The van der Waals surface area contributed by atoms with Crippen LogP contribution >= 0.6 is 0 Å². The monoisotopic (exact) mass is 230 g/mol. The lowest BCUT2D eigenvalue weighted by Crippen LogP contribution is -2.08. The van der Waals surface area contributed by atoms with E-state index in [0.717, 1.165) is 6.07 Å². The van der Waals surface area contributed by atoms with Crippen LogP contribution in [0.5, 0.6) is 0 Å². The molecule has 2 rings (SSSR count). The second-order valence-corrected chi connectivity index (χ2v) is 2.86. The molecule has 0 atom stereocenters. The van der Waals surface area contributed by atoms with Gasteiger partial charge >= 0.3 is 6.18 Å². The standard InChI is InChI=1S/C8H5F3N4O/c9-8(10,11)5-3-1-2-4(13-5)6-14-7(12)15-16-6/h1-3H,(H2,12,15). The van der Waals surface area contributed by atoms with E-state index < -0.39 is 11.9 Å². The van der Waals surface area contributed by atoms with Crippen molar-refractivity contribution in [1.29, 1.82) is 0 Å². The van der Waals surface area contributed by atoms with E-state index in [9.17, 15) is 13.2 Å². The lowest BCUT2D eigenvalue weighted by Gasteiger charge is -2.05. The van der Waals surface area contributed by atoms with Crippen molar-refractivity contribution in [3.8, 4) is 11.6 Å². The third kappa shape index (κ3) is 1.95. The number of halogens is 3. The molecule has 0 saturated carbocycles. The number of nitrogens with two attached hydrogens (primary N) is 1. The van der Waals surface area contributed by atoms with Gasteiger partial charge in [-0.05, 0) is 17.3 Å². The number of nitrogen functional groups attached to an aromatic ring is 1. The number of aromatic nitrogens is 3. The largest absolute Gasteiger partial charge is 0.433 e. The van der Waals surface area contributed by atoms with E-state index in [2.05, 4.69) is 19.6 Å². The summed E-state index contributed by atoms with van der Waals surface area (Å²) in [4.78, 5) is 6.93. The highest BCUT2D eigenvalue weighted by molar-refractivity contribution is 5.48. The van der Waals surface area contributed by atoms with Gasteiger partial charge in [-0.15, -0.1) is 0 Å². The summed E-state index contributed by atoms with van der Waals surface area (Å²) >= 11 is 0. The predicted molar refractivity (Wildman–Crippen MR) is 46.9 cm³/mol. The number of anilines is 1. The molecule has 0 aliphatic rings.